The Bertz CT molecular complexity index is 620. The number of aliphatic hydroxyl groups excluding tert-OH is 1. The van der Waals surface area contributed by atoms with Crippen molar-refractivity contribution in [1.29, 1.82) is 0 Å². The average Bonchev–Trinajstić information content (AvgIpc) is 2.83. The summed E-state index contributed by atoms with van der Waals surface area (Å²) in [6, 6.07) is 10.7. The van der Waals surface area contributed by atoms with E-state index in [4.69, 9.17) is 0 Å². The van der Waals surface area contributed by atoms with Crippen LogP contribution in [-0.2, 0) is 19.7 Å². The van der Waals surface area contributed by atoms with E-state index >= 15 is 0 Å². The summed E-state index contributed by atoms with van der Waals surface area (Å²) in [4.78, 5) is 0. The van der Waals surface area contributed by atoms with Crippen molar-refractivity contribution in [2.75, 3.05) is 13.1 Å². The molecule has 1 aliphatic heterocycles. The minimum atomic E-state index is 0. The van der Waals surface area contributed by atoms with Crippen LogP contribution in [0.3, 0.4) is 0 Å². The third kappa shape index (κ3) is 2.28. The highest BCUT2D eigenvalue weighted by atomic mass is 79.9. The highest BCUT2D eigenvalue weighted by molar-refractivity contribution is 5.87. The zero-order valence-electron chi connectivity index (χ0n) is 12.2. The molecule has 108 valence electrons. The Balaban J connectivity index is 0.00000147. The molecule has 0 aliphatic carbocycles. The van der Waals surface area contributed by atoms with E-state index in [1.165, 1.54) is 21.9 Å². The van der Waals surface area contributed by atoms with Crippen LogP contribution in [0, 0.1) is 0 Å². The number of hydrogen-bond donors (Lipinski definition) is 1. The van der Waals surface area contributed by atoms with Crippen molar-refractivity contribution in [2.45, 2.75) is 33.5 Å². The number of hydrogen-bond acceptors (Lipinski definition) is 1. The fourth-order valence-corrected chi connectivity index (χ4v) is 3.47. The van der Waals surface area contributed by atoms with Crippen molar-refractivity contribution in [2.24, 2.45) is 0 Å². The molecule has 0 saturated heterocycles. The van der Waals surface area contributed by atoms with E-state index in [0.717, 1.165) is 36.2 Å². The Labute approximate surface area is 131 Å². The van der Waals surface area contributed by atoms with Crippen molar-refractivity contribution in [3.8, 4) is 0 Å². The minimum absolute atomic E-state index is 0. The number of aliphatic hydroxyl groups is 1. The van der Waals surface area contributed by atoms with E-state index in [0.29, 0.717) is 0 Å². The van der Waals surface area contributed by atoms with E-state index in [9.17, 15) is 5.11 Å². The second kappa shape index (κ2) is 5.84. The molecule has 0 radical (unpaired) electrons. The molecule has 2 aromatic carbocycles. The zero-order valence-corrected chi connectivity index (χ0v) is 13.8. The summed E-state index contributed by atoms with van der Waals surface area (Å²) in [5.74, 6) is 0. The van der Waals surface area contributed by atoms with Crippen LogP contribution in [-0.4, -0.2) is 22.7 Å². The van der Waals surface area contributed by atoms with Gasteiger partial charge in [0.15, 0.2) is 0 Å². The predicted octanol–water partition coefficient (Wildman–Crippen LogP) is 0.206. The molecule has 1 heterocycles. The van der Waals surface area contributed by atoms with Gasteiger partial charge >= 0.3 is 0 Å². The fraction of sp³-hybridized carbons (Fsp3) is 0.412. The number of fused-ring (bicyclic) bond motifs is 2. The van der Waals surface area contributed by atoms with Crippen molar-refractivity contribution >= 4 is 10.8 Å². The lowest BCUT2D eigenvalue weighted by Gasteiger charge is -2.31. The van der Waals surface area contributed by atoms with Gasteiger partial charge in [-0.05, 0) is 36.2 Å². The molecule has 0 unspecified atom stereocenters. The largest absolute Gasteiger partial charge is 1.00 e. The lowest BCUT2D eigenvalue weighted by Crippen LogP contribution is -3.00. The Morgan fingerprint density at radius 2 is 1.80 bits per heavy atom. The van der Waals surface area contributed by atoms with Crippen molar-refractivity contribution in [1.82, 2.24) is 0 Å². The van der Waals surface area contributed by atoms with E-state index < -0.39 is 0 Å². The Morgan fingerprint density at radius 1 is 1.10 bits per heavy atom. The molecule has 0 amide bonds. The summed E-state index contributed by atoms with van der Waals surface area (Å²) in [5.41, 5.74) is 3.98. The molecule has 2 aromatic rings. The van der Waals surface area contributed by atoms with Gasteiger partial charge in [0.1, 0.15) is 13.1 Å². The topological polar surface area (TPSA) is 20.2 Å². The van der Waals surface area contributed by atoms with Gasteiger partial charge in [-0.15, -0.1) is 0 Å². The van der Waals surface area contributed by atoms with Crippen LogP contribution in [0.1, 0.15) is 30.5 Å². The lowest BCUT2D eigenvalue weighted by atomic mass is 9.96. The predicted molar refractivity (Wildman–Crippen MR) is 78.6 cm³/mol. The van der Waals surface area contributed by atoms with E-state index in [-0.39, 0.29) is 23.6 Å². The summed E-state index contributed by atoms with van der Waals surface area (Å²) in [5, 5.41) is 12.3. The first-order valence-electron chi connectivity index (χ1n) is 7.21. The van der Waals surface area contributed by atoms with Crippen LogP contribution in [0.5, 0.6) is 0 Å². The molecule has 0 spiro atoms. The molecular formula is C17H22BrNO. The van der Waals surface area contributed by atoms with Crippen LogP contribution in [0.15, 0.2) is 30.3 Å². The molecule has 0 saturated carbocycles. The van der Waals surface area contributed by atoms with Gasteiger partial charge in [-0.1, -0.05) is 24.3 Å². The first-order chi connectivity index (χ1) is 9.23. The molecular weight excluding hydrogens is 314 g/mol. The third-order valence-electron chi connectivity index (χ3n) is 4.87. The number of benzene rings is 2. The van der Waals surface area contributed by atoms with Gasteiger partial charge in [0.05, 0.1) is 19.7 Å². The van der Waals surface area contributed by atoms with Gasteiger partial charge in [-0.25, -0.2) is 0 Å². The monoisotopic (exact) mass is 335 g/mol. The summed E-state index contributed by atoms with van der Waals surface area (Å²) in [6.45, 7) is 9.19. The smallest absolute Gasteiger partial charge is 0.105 e. The maximum atomic E-state index is 9.81. The van der Waals surface area contributed by atoms with Crippen molar-refractivity contribution in [3.05, 3.63) is 47.0 Å². The molecule has 3 rings (SSSR count). The minimum Gasteiger partial charge on any atom is -1.00 e. The molecule has 0 atom stereocenters. The van der Waals surface area contributed by atoms with Gasteiger partial charge in [-0.2, -0.15) is 0 Å². The van der Waals surface area contributed by atoms with Gasteiger partial charge in [0.2, 0.25) is 0 Å². The summed E-state index contributed by atoms with van der Waals surface area (Å²) in [7, 11) is 0. The maximum Gasteiger partial charge on any atom is 0.105 e. The van der Waals surface area contributed by atoms with Crippen LogP contribution >= 0.6 is 0 Å². The number of rotatable bonds is 3. The molecule has 1 aliphatic rings. The van der Waals surface area contributed by atoms with E-state index in [2.05, 4.69) is 44.2 Å². The van der Waals surface area contributed by atoms with Crippen molar-refractivity contribution in [3.63, 3.8) is 0 Å². The number of quaternary nitrogens is 1. The van der Waals surface area contributed by atoms with Gasteiger partial charge < -0.3 is 26.6 Å². The summed E-state index contributed by atoms with van der Waals surface area (Å²) < 4.78 is 1.12. The lowest BCUT2D eigenvalue weighted by molar-refractivity contribution is -0.944. The molecule has 0 aromatic heterocycles. The fourth-order valence-electron chi connectivity index (χ4n) is 3.47. The molecule has 1 N–H and O–H groups in total. The van der Waals surface area contributed by atoms with Crippen molar-refractivity contribution < 1.29 is 26.6 Å². The van der Waals surface area contributed by atoms with Gasteiger partial charge in [0, 0.05) is 11.1 Å². The normalized spacial score (nSPS) is 15.9. The number of nitrogens with zero attached hydrogens (tertiary/aromatic N) is 1. The molecule has 3 heteroatoms. The summed E-state index contributed by atoms with van der Waals surface area (Å²) in [6.07, 6.45) is 0. The second-order valence-corrected chi connectivity index (χ2v) is 5.66. The standard InChI is InChI=1S/C17H22NO.BrH/c1-3-18(4-2)10-14-9-13-7-5-6-8-15(13)17(12-19)16(14)11-18;/h5-9,19H,3-4,10-12H2,1-2H3;1H/q+1;/p-1. The molecule has 0 fully saturated rings. The van der Waals surface area contributed by atoms with Crippen LogP contribution < -0.4 is 17.0 Å². The average molecular weight is 336 g/mol. The number of halogens is 1. The zero-order chi connectivity index (χ0) is 13.5. The van der Waals surface area contributed by atoms with Gasteiger partial charge in [0.25, 0.3) is 0 Å². The van der Waals surface area contributed by atoms with Crippen LogP contribution in [0.4, 0.5) is 0 Å². The molecule has 0 bridgehead atoms. The Hall–Kier alpha value is -0.900. The quantitative estimate of drug-likeness (QED) is 0.795. The van der Waals surface area contributed by atoms with Crippen LogP contribution in [0.25, 0.3) is 10.8 Å². The van der Waals surface area contributed by atoms with Crippen LogP contribution in [0.2, 0.25) is 0 Å². The highest BCUT2D eigenvalue weighted by Gasteiger charge is 2.34. The van der Waals surface area contributed by atoms with E-state index in [1.807, 2.05) is 0 Å². The molecule has 2 nitrogen and oxygen atoms in total. The first kappa shape index (κ1) is 15.5. The first-order valence-corrected chi connectivity index (χ1v) is 7.21. The molecule has 20 heavy (non-hydrogen) atoms. The SMILES string of the molecule is CC[N+]1(CC)Cc2cc3ccccc3c(CO)c2C1.[Br-]. The highest BCUT2D eigenvalue weighted by Crippen LogP contribution is 2.36. The Kier molecular flexibility index (Phi) is 4.52. The van der Waals surface area contributed by atoms with Gasteiger partial charge in [-0.3, -0.25) is 0 Å². The third-order valence-corrected chi connectivity index (χ3v) is 4.87. The Morgan fingerprint density at radius 3 is 2.45 bits per heavy atom. The maximum absolute atomic E-state index is 9.81. The van der Waals surface area contributed by atoms with E-state index in [1.54, 1.807) is 0 Å². The summed E-state index contributed by atoms with van der Waals surface area (Å²) >= 11 is 0. The second-order valence-electron chi connectivity index (χ2n) is 5.66.